The molecule has 0 atom stereocenters. The Morgan fingerprint density at radius 2 is 1.32 bits per heavy atom. The molecule has 0 aliphatic carbocycles. The molecule has 0 heterocycles. The van der Waals surface area contributed by atoms with Gasteiger partial charge in [-0.1, -0.05) is 42.5 Å². The van der Waals surface area contributed by atoms with Crippen LogP contribution in [0.2, 0.25) is 0 Å². The van der Waals surface area contributed by atoms with E-state index in [9.17, 15) is 0 Å². The minimum atomic E-state index is 0.530. The average molecular weight is 286 g/mol. The predicted molar refractivity (Wildman–Crippen MR) is 87.8 cm³/mol. The molecule has 0 spiro atoms. The summed E-state index contributed by atoms with van der Waals surface area (Å²) in [5.41, 5.74) is 0. The molecule has 0 unspecified atom stereocenters. The average Bonchev–Trinajstić information content (AvgIpc) is 2.47. The predicted octanol–water partition coefficient (Wildman–Crippen LogP) is 5.86. The molecule has 0 bridgehead atoms. The Balaban J connectivity index is 2.01. The van der Waals surface area contributed by atoms with Gasteiger partial charge in [0.25, 0.3) is 0 Å². The lowest BCUT2D eigenvalue weighted by atomic mass is 10.3. The standard InChI is InChI=1S/C17H18S2/c1-2-3-14-17(18-15-10-6-4-7-11-15)19-16-12-8-5-9-13-16/h2,4-13,17H,1,3,14H2. The van der Waals surface area contributed by atoms with Gasteiger partial charge in [0.1, 0.15) is 0 Å². The van der Waals surface area contributed by atoms with E-state index in [0.717, 1.165) is 12.8 Å². The van der Waals surface area contributed by atoms with Crippen LogP contribution in [0, 0.1) is 0 Å². The lowest BCUT2D eigenvalue weighted by Crippen LogP contribution is -1.96. The fourth-order valence-electron chi connectivity index (χ4n) is 1.70. The Morgan fingerprint density at radius 1 is 0.842 bits per heavy atom. The first-order valence-electron chi connectivity index (χ1n) is 6.43. The van der Waals surface area contributed by atoms with Crippen molar-refractivity contribution in [3.8, 4) is 0 Å². The highest BCUT2D eigenvalue weighted by atomic mass is 32.2. The SMILES string of the molecule is C=CCCC(Sc1ccccc1)Sc1ccccc1. The number of hydrogen-bond donors (Lipinski definition) is 0. The summed E-state index contributed by atoms with van der Waals surface area (Å²) in [5, 5.41) is 0. The first-order chi connectivity index (χ1) is 9.38. The van der Waals surface area contributed by atoms with Crippen molar-refractivity contribution in [3.05, 3.63) is 73.3 Å². The Labute approximate surface area is 124 Å². The van der Waals surface area contributed by atoms with Crippen molar-refractivity contribution in [1.29, 1.82) is 0 Å². The van der Waals surface area contributed by atoms with E-state index in [1.807, 2.05) is 29.6 Å². The molecular weight excluding hydrogens is 268 g/mol. The molecule has 2 aromatic rings. The van der Waals surface area contributed by atoms with Crippen LogP contribution in [0.5, 0.6) is 0 Å². The molecule has 0 aliphatic rings. The van der Waals surface area contributed by atoms with Crippen LogP contribution >= 0.6 is 23.5 Å². The zero-order chi connectivity index (χ0) is 13.3. The van der Waals surface area contributed by atoms with Crippen molar-refractivity contribution in [2.24, 2.45) is 0 Å². The summed E-state index contributed by atoms with van der Waals surface area (Å²) in [6, 6.07) is 21.2. The maximum Gasteiger partial charge on any atom is 0.0599 e. The monoisotopic (exact) mass is 286 g/mol. The number of thioether (sulfide) groups is 2. The third-order valence-corrected chi connectivity index (χ3v) is 5.29. The molecule has 98 valence electrons. The van der Waals surface area contributed by atoms with Gasteiger partial charge in [0.05, 0.1) is 4.58 Å². The van der Waals surface area contributed by atoms with Crippen molar-refractivity contribution >= 4 is 23.5 Å². The second-order valence-corrected chi connectivity index (χ2v) is 7.01. The van der Waals surface area contributed by atoms with E-state index < -0.39 is 0 Å². The summed E-state index contributed by atoms with van der Waals surface area (Å²) in [4.78, 5) is 2.67. The molecule has 0 N–H and O–H groups in total. The zero-order valence-corrected chi connectivity index (χ0v) is 12.5. The van der Waals surface area contributed by atoms with E-state index in [0.29, 0.717) is 4.58 Å². The van der Waals surface area contributed by atoms with Crippen molar-refractivity contribution < 1.29 is 0 Å². The molecule has 0 nitrogen and oxygen atoms in total. The van der Waals surface area contributed by atoms with Crippen LogP contribution in [-0.4, -0.2) is 4.58 Å². The van der Waals surface area contributed by atoms with Gasteiger partial charge < -0.3 is 0 Å². The lowest BCUT2D eigenvalue weighted by Gasteiger charge is -2.15. The third kappa shape index (κ3) is 5.17. The van der Waals surface area contributed by atoms with Crippen LogP contribution < -0.4 is 0 Å². The van der Waals surface area contributed by atoms with Gasteiger partial charge in [0, 0.05) is 9.79 Å². The van der Waals surface area contributed by atoms with Crippen LogP contribution in [0.15, 0.2) is 83.1 Å². The fraction of sp³-hybridized carbons (Fsp3) is 0.176. The van der Waals surface area contributed by atoms with Gasteiger partial charge in [-0.25, -0.2) is 0 Å². The molecule has 0 amide bonds. The van der Waals surface area contributed by atoms with Crippen LogP contribution in [-0.2, 0) is 0 Å². The number of benzene rings is 2. The van der Waals surface area contributed by atoms with E-state index in [4.69, 9.17) is 0 Å². The maximum atomic E-state index is 3.83. The fourth-order valence-corrected chi connectivity index (χ4v) is 4.30. The van der Waals surface area contributed by atoms with Crippen LogP contribution in [0.25, 0.3) is 0 Å². The molecular formula is C17H18S2. The summed E-state index contributed by atoms with van der Waals surface area (Å²) >= 11 is 3.88. The lowest BCUT2D eigenvalue weighted by molar-refractivity contribution is 0.938. The molecule has 0 saturated carbocycles. The molecule has 0 saturated heterocycles. The molecule has 2 rings (SSSR count). The van der Waals surface area contributed by atoms with Gasteiger partial charge in [0.15, 0.2) is 0 Å². The molecule has 0 radical (unpaired) electrons. The van der Waals surface area contributed by atoms with Crippen molar-refractivity contribution in [2.45, 2.75) is 27.2 Å². The van der Waals surface area contributed by atoms with Crippen molar-refractivity contribution in [1.82, 2.24) is 0 Å². The van der Waals surface area contributed by atoms with Gasteiger partial charge in [-0.15, -0.1) is 30.1 Å². The first kappa shape index (κ1) is 14.3. The van der Waals surface area contributed by atoms with E-state index in [-0.39, 0.29) is 0 Å². The summed E-state index contributed by atoms with van der Waals surface area (Å²) < 4.78 is 0.530. The smallest absolute Gasteiger partial charge is 0.0599 e. The summed E-state index contributed by atoms with van der Waals surface area (Å²) in [6.07, 6.45) is 4.21. The Kier molecular flexibility index (Phi) is 6.12. The Hall–Kier alpha value is -1.12. The molecule has 19 heavy (non-hydrogen) atoms. The summed E-state index contributed by atoms with van der Waals surface area (Å²) in [7, 11) is 0. The Bertz CT molecular complexity index is 438. The molecule has 2 aromatic carbocycles. The maximum absolute atomic E-state index is 3.83. The van der Waals surface area contributed by atoms with E-state index in [1.54, 1.807) is 0 Å². The van der Waals surface area contributed by atoms with Gasteiger partial charge in [-0.2, -0.15) is 0 Å². The highest BCUT2D eigenvalue weighted by Crippen LogP contribution is 2.37. The molecule has 0 aromatic heterocycles. The number of allylic oxidation sites excluding steroid dienone is 1. The van der Waals surface area contributed by atoms with E-state index >= 15 is 0 Å². The van der Waals surface area contributed by atoms with Crippen LogP contribution in [0.1, 0.15) is 12.8 Å². The first-order valence-corrected chi connectivity index (χ1v) is 8.19. The van der Waals surface area contributed by atoms with Crippen LogP contribution in [0.3, 0.4) is 0 Å². The number of hydrogen-bond acceptors (Lipinski definition) is 2. The van der Waals surface area contributed by atoms with Gasteiger partial charge in [-0.05, 0) is 37.1 Å². The van der Waals surface area contributed by atoms with Gasteiger partial charge in [0.2, 0.25) is 0 Å². The minimum Gasteiger partial charge on any atom is -0.111 e. The van der Waals surface area contributed by atoms with Crippen LogP contribution in [0.4, 0.5) is 0 Å². The zero-order valence-electron chi connectivity index (χ0n) is 10.9. The largest absolute Gasteiger partial charge is 0.111 e. The van der Waals surface area contributed by atoms with Crippen molar-refractivity contribution in [2.75, 3.05) is 0 Å². The van der Waals surface area contributed by atoms with Gasteiger partial charge >= 0.3 is 0 Å². The second kappa shape index (κ2) is 8.13. The quantitative estimate of drug-likeness (QED) is 0.355. The summed E-state index contributed by atoms with van der Waals surface area (Å²) in [6.45, 7) is 3.83. The number of rotatable bonds is 7. The normalized spacial score (nSPS) is 10.6. The highest BCUT2D eigenvalue weighted by Gasteiger charge is 2.11. The van der Waals surface area contributed by atoms with E-state index in [1.165, 1.54) is 9.79 Å². The third-order valence-electron chi connectivity index (χ3n) is 2.63. The molecule has 0 fully saturated rings. The van der Waals surface area contributed by atoms with E-state index in [2.05, 4.69) is 67.2 Å². The van der Waals surface area contributed by atoms with Crippen molar-refractivity contribution in [3.63, 3.8) is 0 Å². The highest BCUT2D eigenvalue weighted by molar-refractivity contribution is 8.17. The second-order valence-electron chi connectivity index (χ2n) is 4.16. The molecule has 2 heteroatoms. The summed E-state index contributed by atoms with van der Waals surface area (Å²) in [5.74, 6) is 0. The topological polar surface area (TPSA) is 0 Å². The Morgan fingerprint density at radius 3 is 1.74 bits per heavy atom. The molecule has 0 aliphatic heterocycles. The van der Waals surface area contributed by atoms with Gasteiger partial charge in [-0.3, -0.25) is 0 Å². The minimum absolute atomic E-state index is 0.530.